The average molecular weight is 251 g/mol. The van der Waals surface area contributed by atoms with Crippen LogP contribution in [0.25, 0.3) is 26.4 Å². The van der Waals surface area contributed by atoms with Crippen LogP contribution in [-0.2, 0) is 0 Å². The number of rotatable bonds is 1. The minimum Gasteiger partial charge on any atom is -0.290 e. The zero-order chi connectivity index (χ0) is 11.9. The van der Waals surface area contributed by atoms with E-state index in [-0.39, 0.29) is 0 Å². The number of imidazole rings is 1. The van der Waals surface area contributed by atoms with E-state index in [1.54, 1.807) is 17.5 Å². The van der Waals surface area contributed by atoms with Gasteiger partial charge in [0.25, 0.3) is 0 Å². The van der Waals surface area contributed by atoms with Crippen molar-refractivity contribution in [3.8, 4) is 11.3 Å². The summed E-state index contributed by atoms with van der Waals surface area (Å²) in [6.45, 7) is 0. The average Bonchev–Trinajstić information content (AvgIpc) is 2.97. The zero-order valence-corrected chi connectivity index (χ0v) is 10.3. The van der Waals surface area contributed by atoms with Crippen LogP contribution in [0.15, 0.2) is 55.0 Å². The lowest BCUT2D eigenvalue weighted by Gasteiger charge is -1.93. The molecule has 0 aliphatic carbocycles. The van der Waals surface area contributed by atoms with Crippen molar-refractivity contribution < 1.29 is 0 Å². The van der Waals surface area contributed by atoms with Crippen LogP contribution in [-0.4, -0.2) is 14.4 Å². The summed E-state index contributed by atoms with van der Waals surface area (Å²) >= 11 is 1.71. The van der Waals surface area contributed by atoms with Gasteiger partial charge in [-0.1, -0.05) is 23.5 Å². The van der Waals surface area contributed by atoms with Crippen molar-refractivity contribution in [3.05, 3.63) is 55.0 Å². The van der Waals surface area contributed by atoms with Gasteiger partial charge in [0.05, 0.1) is 15.9 Å². The molecule has 0 unspecified atom stereocenters. The van der Waals surface area contributed by atoms with Crippen LogP contribution in [0, 0.1) is 0 Å². The molecule has 3 nitrogen and oxygen atoms in total. The highest BCUT2D eigenvalue weighted by atomic mass is 32.1. The molecule has 0 N–H and O–H groups in total. The van der Waals surface area contributed by atoms with Gasteiger partial charge in [-0.3, -0.25) is 9.38 Å². The maximum absolute atomic E-state index is 4.66. The van der Waals surface area contributed by atoms with Gasteiger partial charge in [-0.05, 0) is 24.3 Å². The lowest BCUT2D eigenvalue weighted by molar-refractivity contribution is 1.29. The molecule has 0 bridgehead atoms. The lowest BCUT2D eigenvalue weighted by Crippen LogP contribution is -1.78. The van der Waals surface area contributed by atoms with Crippen LogP contribution in [0.1, 0.15) is 0 Å². The normalized spacial score (nSPS) is 11.3. The Bertz CT molecular complexity index is 830. The van der Waals surface area contributed by atoms with Gasteiger partial charge in [-0.15, -0.1) is 0 Å². The van der Waals surface area contributed by atoms with E-state index >= 15 is 0 Å². The van der Waals surface area contributed by atoms with E-state index in [1.807, 2.05) is 18.3 Å². The number of hydrogen-bond donors (Lipinski definition) is 0. The number of aromatic nitrogens is 3. The second-order valence-corrected chi connectivity index (χ2v) is 5.10. The zero-order valence-electron chi connectivity index (χ0n) is 9.45. The summed E-state index contributed by atoms with van der Waals surface area (Å²) in [6.07, 6.45) is 5.69. The number of nitrogens with zero attached hydrogens (tertiary/aromatic N) is 3. The van der Waals surface area contributed by atoms with E-state index in [0.29, 0.717) is 0 Å². The van der Waals surface area contributed by atoms with Crippen molar-refractivity contribution in [2.45, 2.75) is 0 Å². The first kappa shape index (κ1) is 9.79. The minimum absolute atomic E-state index is 0.972. The van der Waals surface area contributed by atoms with Crippen LogP contribution < -0.4 is 0 Å². The van der Waals surface area contributed by atoms with E-state index in [2.05, 4.69) is 44.8 Å². The second-order valence-electron chi connectivity index (χ2n) is 4.09. The smallest absolute Gasteiger partial charge is 0.195 e. The molecule has 3 aromatic heterocycles. The summed E-state index contributed by atoms with van der Waals surface area (Å²) in [6, 6.07) is 12.3. The number of para-hydroxylation sites is 1. The molecule has 18 heavy (non-hydrogen) atoms. The minimum atomic E-state index is 0.972. The quantitative estimate of drug-likeness (QED) is 0.517. The van der Waals surface area contributed by atoms with E-state index in [4.69, 9.17) is 0 Å². The molecule has 0 radical (unpaired) electrons. The van der Waals surface area contributed by atoms with Gasteiger partial charge in [0.1, 0.15) is 0 Å². The largest absolute Gasteiger partial charge is 0.290 e. The van der Waals surface area contributed by atoms with Crippen molar-refractivity contribution >= 4 is 26.5 Å². The summed E-state index contributed by atoms with van der Waals surface area (Å²) in [5, 5.41) is 0. The van der Waals surface area contributed by atoms with Gasteiger partial charge >= 0.3 is 0 Å². The van der Waals surface area contributed by atoms with Gasteiger partial charge in [-0.2, -0.15) is 0 Å². The van der Waals surface area contributed by atoms with Gasteiger partial charge in [0, 0.05) is 24.2 Å². The molecule has 0 saturated carbocycles. The number of benzene rings is 1. The Morgan fingerprint density at radius 1 is 1.06 bits per heavy atom. The summed E-state index contributed by atoms with van der Waals surface area (Å²) in [7, 11) is 0. The Morgan fingerprint density at radius 3 is 2.89 bits per heavy atom. The Balaban J connectivity index is 2.00. The highest BCUT2D eigenvalue weighted by Gasteiger charge is 2.09. The number of pyridine rings is 1. The monoisotopic (exact) mass is 251 g/mol. The molecule has 86 valence electrons. The third kappa shape index (κ3) is 1.36. The first-order valence-electron chi connectivity index (χ1n) is 5.69. The summed E-state index contributed by atoms with van der Waals surface area (Å²) in [5.41, 5.74) is 3.23. The Hall–Kier alpha value is -2.20. The molecular formula is C14H9N3S. The number of hydrogen-bond acceptors (Lipinski definition) is 3. The van der Waals surface area contributed by atoms with Crippen LogP contribution >= 0.6 is 11.3 Å². The lowest BCUT2D eigenvalue weighted by atomic mass is 10.2. The van der Waals surface area contributed by atoms with Crippen LogP contribution in [0.3, 0.4) is 0 Å². The van der Waals surface area contributed by atoms with Crippen LogP contribution in [0.4, 0.5) is 0 Å². The fourth-order valence-electron chi connectivity index (χ4n) is 2.10. The number of fused-ring (bicyclic) bond motifs is 3. The summed E-state index contributed by atoms with van der Waals surface area (Å²) in [5.74, 6) is 0. The third-order valence-electron chi connectivity index (χ3n) is 2.96. The van der Waals surface area contributed by atoms with Gasteiger partial charge in [-0.25, -0.2) is 4.98 Å². The predicted molar refractivity (Wildman–Crippen MR) is 73.8 cm³/mol. The van der Waals surface area contributed by atoms with Gasteiger partial charge in [0.15, 0.2) is 4.96 Å². The van der Waals surface area contributed by atoms with Crippen molar-refractivity contribution in [3.63, 3.8) is 0 Å². The molecule has 1 aromatic carbocycles. The standard InChI is InChI=1S/C14H9N3S/c1-2-6-13-12(5-1)17-9-11(16-14(17)18-13)10-4-3-7-15-8-10/h1-9H. The molecule has 0 spiro atoms. The maximum Gasteiger partial charge on any atom is 0.195 e. The molecule has 4 rings (SSSR count). The fourth-order valence-corrected chi connectivity index (χ4v) is 3.11. The number of thiazole rings is 1. The molecule has 0 aliphatic heterocycles. The summed E-state index contributed by atoms with van der Waals surface area (Å²) < 4.78 is 3.40. The molecule has 3 heterocycles. The van der Waals surface area contributed by atoms with Crippen LogP contribution in [0.2, 0.25) is 0 Å². The SMILES string of the molecule is c1cncc(-c2cn3c(n2)sc2ccccc23)c1. The maximum atomic E-state index is 4.66. The van der Waals surface area contributed by atoms with Crippen molar-refractivity contribution in [2.24, 2.45) is 0 Å². The first-order chi connectivity index (χ1) is 8.92. The Kier molecular flexibility index (Phi) is 1.98. The Morgan fingerprint density at radius 2 is 2.00 bits per heavy atom. The molecule has 0 fully saturated rings. The van der Waals surface area contributed by atoms with E-state index in [9.17, 15) is 0 Å². The molecule has 0 amide bonds. The third-order valence-corrected chi connectivity index (χ3v) is 3.99. The van der Waals surface area contributed by atoms with Gasteiger partial charge in [0.2, 0.25) is 0 Å². The van der Waals surface area contributed by atoms with Crippen molar-refractivity contribution in [1.82, 2.24) is 14.4 Å². The van der Waals surface area contributed by atoms with Gasteiger partial charge < -0.3 is 0 Å². The fraction of sp³-hybridized carbons (Fsp3) is 0. The molecular weight excluding hydrogens is 242 g/mol. The van der Waals surface area contributed by atoms with E-state index in [1.165, 1.54) is 10.2 Å². The van der Waals surface area contributed by atoms with E-state index < -0.39 is 0 Å². The molecule has 0 atom stereocenters. The molecule has 4 heteroatoms. The molecule has 0 aliphatic rings. The second kappa shape index (κ2) is 3.65. The highest BCUT2D eigenvalue weighted by molar-refractivity contribution is 7.23. The van der Waals surface area contributed by atoms with Crippen molar-refractivity contribution in [1.29, 1.82) is 0 Å². The van der Waals surface area contributed by atoms with Crippen LogP contribution in [0.5, 0.6) is 0 Å². The summed E-state index contributed by atoms with van der Waals surface area (Å²) in [4.78, 5) is 9.82. The Labute approximate surface area is 107 Å². The first-order valence-corrected chi connectivity index (χ1v) is 6.50. The predicted octanol–water partition coefficient (Wildman–Crippen LogP) is 3.61. The topological polar surface area (TPSA) is 30.2 Å². The van der Waals surface area contributed by atoms with E-state index in [0.717, 1.165) is 16.2 Å². The van der Waals surface area contributed by atoms with Crippen molar-refractivity contribution in [2.75, 3.05) is 0 Å². The molecule has 4 aromatic rings. The molecule has 0 saturated heterocycles. The highest BCUT2D eigenvalue weighted by Crippen LogP contribution is 2.28.